The molecule has 2 aromatic carbocycles. The van der Waals surface area contributed by atoms with E-state index in [-0.39, 0.29) is 12.3 Å². The van der Waals surface area contributed by atoms with Crippen molar-refractivity contribution in [1.82, 2.24) is 5.32 Å². The lowest BCUT2D eigenvalue weighted by atomic mass is 10.1. The molecule has 0 bridgehead atoms. The third-order valence-electron chi connectivity index (χ3n) is 3.95. The van der Waals surface area contributed by atoms with Gasteiger partial charge in [0.2, 0.25) is 0 Å². The van der Waals surface area contributed by atoms with Gasteiger partial charge in [0.25, 0.3) is 0 Å². The van der Waals surface area contributed by atoms with Crippen LogP contribution < -0.4 is 5.32 Å². The number of hydrogen-bond acceptors (Lipinski definition) is 3. The Hall–Kier alpha value is -1.39. The number of morpholine rings is 1. The molecule has 4 heteroatoms. The fourth-order valence-corrected chi connectivity index (χ4v) is 3.22. The highest BCUT2D eigenvalue weighted by Crippen LogP contribution is 2.23. The van der Waals surface area contributed by atoms with Crippen LogP contribution in [0.5, 0.6) is 0 Å². The SMILES string of the molecule is Cc1cc(Cl)cc(CCO[C@@H]2OCCN[C@H]2c2ccccc2)c1. The van der Waals surface area contributed by atoms with Gasteiger partial charge in [0.1, 0.15) is 0 Å². The molecule has 122 valence electrons. The molecule has 0 saturated carbocycles. The van der Waals surface area contributed by atoms with Gasteiger partial charge in [-0.3, -0.25) is 0 Å². The number of hydrogen-bond donors (Lipinski definition) is 1. The number of benzene rings is 2. The van der Waals surface area contributed by atoms with E-state index in [2.05, 4.69) is 30.4 Å². The third-order valence-corrected chi connectivity index (χ3v) is 4.17. The average molecular weight is 332 g/mol. The van der Waals surface area contributed by atoms with Crippen LogP contribution in [-0.2, 0) is 15.9 Å². The minimum absolute atomic E-state index is 0.0750. The second-order valence-electron chi connectivity index (χ2n) is 5.84. The Morgan fingerprint density at radius 1 is 1.22 bits per heavy atom. The van der Waals surface area contributed by atoms with Crippen molar-refractivity contribution in [3.05, 3.63) is 70.2 Å². The summed E-state index contributed by atoms with van der Waals surface area (Å²) in [5, 5.41) is 4.26. The van der Waals surface area contributed by atoms with Crippen LogP contribution in [0.2, 0.25) is 5.02 Å². The van der Waals surface area contributed by atoms with Crippen molar-refractivity contribution in [2.75, 3.05) is 19.8 Å². The van der Waals surface area contributed by atoms with Crippen molar-refractivity contribution >= 4 is 11.6 Å². The van der Waals surface area contributed by atoms with E-state index in [1.165, 1.54) is 16.7 Å². The maximum Gasteiger partial charge on any atom is 0.176 e. The molecule has 1 aliphatic heterocycles. The maximum atomic E-state index is 6.11. The predicted molar refractivity (Wildman–Crippen MR) is 92.8 cm³/mol. The molecule has 1 saturated heterocycles. The second-order valence-corrected chi connectivity index (χ2v) is 6.28. The van der Waals surface area contributed by atoms with Crippen LogP contribution in [0.25, 0.3) is 0 Å². The van der Waals surface area contributed by atoms with Gasteiger partial charge in [0, 0.05) is 11.6 Å². The van der Waals surface area contributed by atoms with E-state index in [9.17, 15) is 0 Å². The zero-order chi connectivity index (χ0) is 16.1. The standard InChI is InChI=1S/C19H22ClNO2/c1-14-11-15(13-17(20)12-14)7-9-22-19-18(21-8-10-23-19)16-5-3-2-4-6-16/h2-6,11-13,18-19,21H,7-10H2,1H3/t18-,19+/m0/s1. The van der Waals surface area contributed by atoms with Crippen molar-refractivity contribution in [3.63, 3.8) is 0 Å². The quantitative estimate of drug-likeness (QED) is 0.901. The van der Waals surface area contributed by atoms with Gasteiger partial charge >= 0.3 is 0 Å². The highest BCUT2D eigenvalue weighted by atomic mass is 35.5. The topological polar surface area (TPSA) is 30.5 Å². The van der Waals surface area contributed by atoms with E-state index in [1.54, 1.807) is 0 Å². The molecule has 1 N–H and O–H groups in total. The van der Waals surface area contributed by atoms with E-state index in [1.807, 2.05) is 30.3 Å². The van der Waals surface area contributed by atoms with Gasteiger partial charge in [0.15, 0.2) is 6.29 Å². The molecule has 2 aromatic rings. The van der Waals surface area contributed by atoms with Crippen molar-refractivity contribution in [3.8, 4) is 0 Å². The van der Waals surface area contributed by atoms with Gasteiger partial charge < -0.3 is 14.8 Å². The summed E-state index contributed by atoms with van der Waals surface area (Å²) in [6.07, 6.45) is 0.564. The molecule has 1 fully saturated rings. The molecule has 2 atom stereocenters. The molecule has 0 unspecified atom stereocenters. The fraction of sp³-hybridized carbons (Fsp3) is 0.368. The Bertz CT molecular complexity index is 612. The van der Waals surface area contributed by atoms with Crippen molar-refractivity contribution < 1.29 is 9.47 Å². The largest absolute Gasteiger partial charge is 0.350 e. The van der Waals surface area contributed by atoms with E-state index in [0.29, 0.717) is 13.2 Å². The number of nitrogens with one attached hydrogen (secondary N) is 1. The predicted octanol–water partition coefficient (Wildman–Crippen LogP) is 3.89. The first-order valence-electron chi connectivity index (χ1n) is 8.00. The minimum atomic E-state index is -0.258. The Morgan fingerprint density at radius 3 is 2.83 bits per heavy atom. The summed E-state index contributed by atoms with van der Waals surface area (Å²) >= 11 is 6.11. The van der Waals surface area contributed by atoms with Crippen LogP contribution in [0, 0.1) is 6.92 Å². The smallest absolute Gasteiger partial charge is 0.176 e. The van der Waals surface area contributed by atoms with Crippen molar-refractivity contribution in [2.24, 2.45) is 0 Å². The van der Waals surface area contributed by atoms with E-state index >= 15 is 0 Å². The van der Waals surface area contributed by atoms with Crippen LogP contribution in [0.1, 0.15) is 22.7 Å². The summed E-state index contributed by atoms with van der Waals surface area (Å²) < 4.78 is 11.8. The van der Waals surface area contributed by atoms with Gasteiger partial charge in [-0.25, -0.2) is 0 Å². The Morgan fingerprint density at radius 2 is 2.04 bits per heavy atom. The molecule has 0 spiro atoms. The van der Waals surface area contributed by atoms with Crippen LogP contribution in [0.4, 0.5) is 0 Å². The Balaban J connectivity index is 1.59. The van der Waals surface area contributed by atoms with E-state index in [4.69, 9.17) is 21.1 Å². The first kappa shape index (κ1) is 16.5. The summed E-state index contributed by atoms with van der Waals surface area (Å²) in [4.78, 5) is 0. The van der Waals surface area contributed by atoms with Crippen LogP contribution >= 0.6 is 11.6 Å². The molecule has 3 rings (SSSR count). The molecule has 0 amide bonds. The van der Waals surface area contributed by atoms with Gasteiger partial charge in [0.05, 0.1) is 19.3 Å². The maximum absolute atomic E-state index is 6.11. The van der Waals surface area contributed by atoms with Crippen molar-refractivity contribution in [1.29, 1.82) is 0 Å². The molecule has 1 aliphatic rings. The van der Waals surface area contributed by atoms with E-state index in [0.717, 1.165) is 18.0 Å². The third kappa shape index (κ3) is 4.55. The molecule has 0 aromatic heterocycles. The molecular formula is C19H22ClNO2. The zero-order valence-corrected chi connectivity index (χ0v) is 14.1. The lowest BCUT2D eigenvalue weighted by molar-refractivity contribution is -0.176. The summed E-state index contributed by atoms with van der Waals surface area (Å²) in [5.74, 6) is 0. The second kappa shape index (κ2) is 7.93. The lowest BCUT2D eigenvalue weighted by Crippen LogP contribution is -2.43. The Kier molecular flexibility index (Phi) is 5.68. The average Bonchev–Trinajstić information content (AvgIpc) is 2.55. The summed E-state index contributed by atoms with van der Waals surface area (Å²) in [6, 6.07) is 16.5. The van der Waals surface area contributed by atoms with Gasteiger partial charge in [-0.1, -0.05) is 48.0 Å². The summed E-state index contributed by atoms with van der Waals surface area (Å²) in [5.41, 5.74) is 3.55. The molecule has 0 radical (unpaired) electrons. The van der Waals surface area contributed by atoms with E-state index < -0.39 is 0 Å². The molecule has 23 heavy (non-hydrogen) atoms. The number of rotatable bonds is 5. The first-order chi connectivity index (χ1) is 11.2. The normalized spacial score (nSPS) is 21.3. The molecular weight excluding hydrogens is 310 g/mol. The number of aryl methyl sites for hydroxylation is 1. The molecule has 1 heterocycles. The number of ether oxygens (including phenoxy) is 2. The monoisotopic (exact) mass is 331 g/mol. The highest BCUT2D eigenvalue weighted by Gasteiger charge is 2.27. The summed E-state index contributed by atoms with van der Waals surface area (Å²) in [7, 11) is 0. The molecule has 0 aliphatic carbocycles. The van der Waals surface area contributed by atoms with Crippen LogP contribution in [0.15, 0.2) is 48.5 Å². The zero-order valence-electron chi connectivity index (χ0n) is 13.3. The van der Waals surface area contributed by atoms with Crippen molar-refractivity contribution in [2.45, 2.75) is 25.7 Å². The highest BCUT2D eigenvalue weighted by molar-refractivity contribution is 6.30. The van der Waals surface area contributed by atoms with Gasteiger partial charge in [-0.15, -0.1) is 0 Å². The van der Waals surface area contributed by atoms with Crippen LogP contribution in [-0.4, -0.2) is 26.0 Å². The fourth-order valence-electron chi connectivity index (χ4n) is 2.91. The first-order valence-corrected chi connectivity index (χ1v) is 8.38. The van der Waals surface area contributed by atoms with Gasteiger partial charge in [-0.05, 0) is 42.2 Å². The van der Waals surface area contributed by atoms with Gasteiger partial charge in [-0.2, -0.15) is 0 Å². The molecule has 3 nitrogen and oxygen atoms in total. The van der Waals surface area contributed by atoms with Crippen LogP contribution in [0.3, 0.4) is 0 Å². The number of halogens is 1. The Labute approximate surface area is 142 Å². The minimum Gasteiger partial charge on any atom is -0.350 e. The summed E-state index contributed by atoms with van der Waals surface area (Å²) in [6.45, 7) is 4.17. The lowest BCUT2D eigenvalue weighted by Gasteiger charge is -2.33.